The minimum Gasteiger partial charge on any atom is -0.444 e. The number of nitrogens with zero attached hydrogens (tertiary/aromatic N) is 6. The van der Waals surface area contributed by atoms with E-state index in [9.17, 15) is 4.79 Å². The molecular weight excluding hydrogens is 400 g/mol. The molecule has 4 rings (SSSR count). The Morgan fingerprint density at radius 2 is 1.94 bits per heavy atom. The first-order valence-corrected chi connectivity index (χ1v) is 10.2. The fourth-order valence-electron chi connectivity index (χ4n) is 3.25. The van der Waals surface area contributed by atoms with Gasteiger partial charge in [-0.15, -0.1) is 0 Å². The lowest BCUT2D eigenvalue weighted by Gasteiger charge is -2.33. The third-order valence-corrected chi connectivity index (χ3v) is 4.81. The Hall–Kier alpha value is -3.27. The summed E-state index contributed by atoms with van der Waals surface area (Å²) in [5, 5.41) is 8.11. The summed E-state index contributed by atoms with van der Waals surface area (Å²) < 4.78 is 18.4. The number of hydrogen-bond acceptors (Lipinski definition) is 8. The zero-order valence-corrected chi connectivity index (χ0v) is 17.9. The first kappa shape index (κ1) is 21.0. The van der Waals surface area contributed by atoms with Crippen molar-refractivity contribution in [2.24, 2.45) is 0 Å². The van der Waals surface area contributed by atoms with E-state index in [0.717, 1.165) is 24.1 Å². The Kier molecular flexibility index (Phi) is 5.99. The summed E-state index contributed by atoms with van der Waals surface area (Å²) in [4.78, 5) is 22.2. The highest BCUT2D eigenvalue weighted by atomic mass is 16.6. The normalized spacial score (nSPS) is 15.3. The lowest BCUT2D eigenvalue weighted by Crippen LogP contribution is -2.43. The molecule has 1 amide bonds. The molecule has 3 heterocycles. The molecular formula is C21H26N6O4. The van der Waals surface area contributed by atoms with Gasteiger partial charge in [0, 0.05) is 18.7 Å². The second-order valence-corrected chi connectivity index (χ2v) is 8.38. The van der Waals surface area contributed by atoms with Gasteiger partial charge in [-0.25, -0.2) is 14.5 Å². The van der Waals surface area contributed by atoms with E-state index in [1.165, 1.54) is 6.33 Å². The number of rotatable bonds is 5. The molecule has 164 valence electrons. The molecule has 0 radical (unpaired) electrons. The van der Waals surface area contributed by atoms with Crippen LogP contribution in [0.5, 0.6) is 0 Å². The molecule has 1 saturated heterocycles. The van der Waals surface area contributed by atoms with Crippen LogP contribution in [0.2, 0.25) is 0 Å². The highest BCUT2D eigenvalue weighted by Crippen LogP contribution is 2.21. The lowest BCUT2D eigenvalue weighted by molar-refractivity contribution is -0.0190. The summed E-state index contributed by atoms with van der Waals surface area (Å²) in [5.74, 6) is 0.924. The summed E-state index contributed by atoms with van der Waals surface area (Å²) in [7, 11) is 0. The third-order valence-electron chi connectivity index (χ3n) is 4.81. The molecule has 0 unspecified atom stereocenters. The van der Waals surface area contributed by atoms with Crippen molar-refractivity contribution in [3.63, 3.8) is 0 Å². The van der Waals surface area contributed by atoms with Crippen LogP contribution >= 0.6 is 0 Å². The first-order chi connectivity index (χ1) is 14.9. The number of hydrogen-bond donors (Lipinski definition) is 0. The maximum Gasteiger partial charge on any atom is 0.410 e. The van der Waals surface area contributed by atoms with Gasteiger partial charge in [0.2, 0.25) is 0 Å². The minimum absolute atomic E-state index is 0.0441. The molecule has 1 aliphatic heterocycles. The molecule has 0 aliphatic carbocycles. The van der Waals surface area contributed by atoms with Gasteiger partial charge in [-0.1, -0.05) is 5.16 Å². The van der Waals surface area contributed by atoms with Gasteiger partial charge in [-0.3, -0.25) is 0 Å². The van der Waals surface area contributed by atoms with Crippen LogP contribution < -0.4 is 0 Å². The van der Waals surface area contributed by atoms with Gasteiger partial charge in [0.1, 0.15) is 24.9 Å². The van der Waals surface area contributed by atoms with Gasteiger partial charge in [-0.05, 0) is 57.9 Å². The highest BCUT2D eigenvalue weighted by molar-refractivity contribution is 5.68. The average molecular weight is 426 g/mol. The fraction of sp³-hybridized carbons (Fsp3) is 0.476. The van der Waals surface area contributed by atoms with Crippen molar-refractivity contribution < 1.29 is 18.8 Å². The van der Waals surface area contributed by atoms with Gasteiger partial charge in [0.05, 0.1) is 11.8 Å². The molecule has 0 N–H and O–H groups in total. The summed E-state index contributed by atoms with van der Waals surface area (Å²) >= 11 is 0. The van der Waals surface area contributed by atoms with E-state index in [4.69, 9.17) is 14.0 Å². The lowest BCUT2D eigenvalue weighted by atomic mass is 10.1. The second-order valence-electron chi connectivity index (χ2n) is 8.38. The molecule has 1 aliphatic rings. The van der Waals surface area contributed by atoms with Crippen LogP contribution in [0.25, 0.3) is 17.1 Å². The number of aromatic nitrogens is 5. The summed E-state index contributed by atoms with van der Waals surface area (Å²) in [5.41, 5.74) is 1.22. The fourth-order valence-corrected chi connectivity index (χ4v) is 3.25. The zero-order chi connectivity index (χ0) is 21.8. The molecule has 0 spiro atoms. The average Bonchev–Trinajstić information content (AvgIpc) is 3.44. The molecule has 2 aromatic heterocycles. The number of ether oxygens (including phenoxy) is 2. The van der Waals surface area contributed by atoms with E-state index < -0.39 is 5.60 Å². The van der Waals surface area contributed by atoms with Crippen molar-refractivity contribution in [2.45, 2.75) is 51.9 Å². The molecule has 0 bridgehead atoms. The predicted octanol–water partition coefficient (Wildman–Crippen LogP) is 3.23. The zero-order valence-electron chi connectivity index (χ0n) is 17.9. The van der Waals surface area contributed by atoms with Crippen LogP contribution in [0, 0.1) is 0 Å². The Morgan fingerprint density at radius 1 is 1.19 bits per heavy atom. The molecule has 31 heavy (non-hydrogen) atoms. The number of likely N-dealkylation sites (tertiary alicyclic amines) is 1. The van der Waals surface area contributed by atoms with Crippen LogP contribution in [0.3, 0.4) is 0 Å². The second kappa shape index (κ2) is 8.84. The van der Waals surface area contributed by atoms with Gasteiger partial charge in [-0.2, -0.15) is 10.1 Å². The summed E-state index contributed by atoms with van der Waals surface area (Å²) in [6.07, 6.45) is 4.38. The molecule has 1 aromatic carbocycles. The Morgan fingerprint density at radius 3 is 2.58 bits per heavy atom. The first-order valence-electron chi connectivity index (χ1n) is 10.2. The van der Waals surface area contributed by atoms with Gasteiger partial charge in [0.25, 0.3) is 5.89 Å². The minimum atomic E-state index is -0.489. The van der Waals surface area contributed by atoms with Crippen molar-refractivity contribution in [1.29, 1.82) is 0 Å². The topological polar surface area (TPSA) is 108 Å². The number of carbonyl (C=O) groups excluding carboxylic acids is 1. The van der Waals surface area contributed by atoms with E-state index in [1.807, 2.05) is 45.0 Å². The van der Waals surface area contributed by atoms with Crippen LogP contribution in [0.15, 0.2) is 41.4 Å². The SMILES string of the molecule is CC(C)(C)OC(=O)N1CCC(OCc2noc(-c3ccc(-n4cncn4)cc3)n2)CC1. The highest BCUT2D eigenvalue weighted by Gasteiger charge is 2.27. The Balaban J connectivity index is 1.26. The van der Waals surface area contributed by atoms with Crippen LogP contribution in [-0.2, 0) is 16.1 Å². The molecule has 3 aromatic rings. The van der Waals surface area contributed by atoms with Crippen LogP contribution in [0.1, 0.15) is 39.4 Å². The molecule has 10 heteroatoms. The monoisotopic (exact) mass is 426 g/mol. The van der Waals surface area contributed by atoms with E-state index in [0.29, 0.717) is 24.8 Å². The van der Waals surface area contributed by atoms with Crippen molar-refractivity contribution in [3.8, 4) is 17.1 Å². The van der Waals surface area contributed by atoms with Crippen molar-refractivity contribution in [1.82, 2.24) is 29.8 Å². The maximum atomic E-state index is 12.1. The Labute approximate surface area is 180 Å². The number of amides is 1. The Bertz CT molecular complexity index is 986. The largest absolute Gasteiger partial charge is 0.444 e. The van der Waals surface area contributed by atoms with E-state index in [2.05, 4.69) is 20.2 Å². The summed E-state index contributed by atoms with van der Waals surface area (Å²) in [6, 6.07) is 7.59. The standard InChI is InChI=1S/C21H26N6O4/c1-21(2,3)30-20(28)26-10-8-17(9-11-26)29-12-18-24-19(31-25-18)15-4-6-16(7-5-15)27-14-22-13-23-27/h4-7,13-14,17H,8-12H2,1-3H3. The number of carbonyl (C=O) groups is 1. The van der Waals surface area contributed by atoms with Crippen molar-refractivity contribution in [2.75, 3.05) is 13.1 Å². The van der Waals surface area contributed by atoms with E-state index >= 15 is 0 Å². The van der Waals surface area contributed by atoms with Crippen LogP contribution in [-0.4, -0.2) is 60.7 Å². The van der Waals surface area contributed by atoms with Gasteiger partial charge >= 0.3 is 6.09 Å². The molecule has 0 saturated carbocycles. The van der Waals surface area contributed by atoms with Crippen molar-refractivity contribution in [3.05, 3.63) is 42.7 Å². The van der Waals surface area contributed by atoms with Gasteiger partial charge in [0.15, 0.2) is 5.82 Å². The van der Waals surface area contributed by atoms with Crippen molar-refractivity contribution >= 4 is 6.09 Å². The number of piperidine rings is 1. The molecule has 10 nitrogen and oxygen atoms in total. The smallest absolute Gasteiger partial charge is 0.410 e. The van der Waals surface area contributed by atoms with E-state index in [-0.39, 0.29) is 18.8 Å². The maximum absolute atomic E-state index is 12.1. The molecule has 1 fully saturated rings. The van der Waals surface area contributed by atoms with E-state index in [1.54, 1.807) is 15.9 Å². The molecule has 0 atom stereocenters. The quantitative estimate of drug-likeness (QED) is 0.612. The third kappa shape index (κ3) is 5.46. The van der Waals surface area contributed by atoms with Crippen LogP contribution in [0.4, 0.5) is 4.79 Å². The number of benzene rings is 1. The predicted molar refractivity (Wildman–Crippen MR) is 110 cm³/mol. The van der Waals surface area contributed by atoms with Gasteiger partial charge < -0.3 is 18.9 Å². The summed E-state index contributed by atoms with van der Waals surface area (Å²) in [6.45, 7) is 7.07.